The lowest BCUT2D eigenvalue weighted by Crippen LogP contribution is -2.04. The van der Waals surface area contributed by atoms with Gasteiger partial charge in [0.25, 0.3) is 5.69 Å². The predicted octanol–water partition coefficient (Wildman–Crippen LogP) is 2.15. The number of hydrogen-bond donors (Lipinski definition) is 1. The molecule has 3 nitrogen and oxygen atoms in total. The first-order valence-electron chi connectivity index (χ1n) is 3.31. The second-order valence-corrected chi connectivity index (χ2v) is 8.02. The molecule has 0 aliphatic rings. The molecule has 0 saturated carbocycles. The molecule has 0 saturated heterocycles. The van der Waals surface area contributed by atoms with Gasteiger partial charge in [-0.05, 0) is 18.2 Å². The second-order valence-electron chi connectivity index (χ2n) is 1.80. The van der Waals surface area contributed by atoms with Crippen molar-refractivity contribution < 1.29 is 9.05 Å². The number of nitrogens with one attached hydrogen (secondary N) is 1. The van der Waals surface area contributed by atoms with Crippen LogP contribution >= 0.6 is 17.3 Å². The molecule has 0 aliphatic carbocycles. The summed E-state index contributed by atoms with van der Waals surface area (Å²) in [5, 5.41) is 0. The Morgan fingerprint density at radius 2 is 2.00 bits per heavy atom. The lowest BCUT2D eigenvalue weighted by atomic mass is 10.5. The first kappa shape index (κ1) is 11.9. The molecule has 0 fully saturated rings. The molecular weight excluding hydrogens is 201 g/mol. The topological polar surface area (TPSA) is 30.5 Å². The molecular formula is C5H14NO2PS2. The Morgan fingerprint density at radius 1 is 1.45 bits per heavy atom. The first-order chi connectivity index (χ1) is 5.18. The van der Waals surface area contributed by atoms with Crippen molar-refractivity contribution >= 4 is 29.1 Å². The van der Waals surface area contributed by atoms with Crippen LogP contribution in [0.15, 0.2) is 0 Å². The van der Waals surface area contributed by atoms with E-state index in [1.807, 2.05) is 0 Å². The number of hydrogen-bond acceptors (Lipinski definition) is 5. The van der Waals surface area contributed by atoms with E-state index in [1.165, 1.54) is 11.6 Å². The van der Waals surface area contributed by atoms with Gasteiger partial charge in [-0.1, -0.05) is 6.92 Å². The average Bonchev–Trinajstić information content (AvgIpc) is 2.05. The molecule has 0 radical (unpaired) electrons. The van der Waals surface area contributed by atoms with Crippen LogP contribution < -0.4 is 4.72 Å². The fraction of sp³-hybridized carbons (Fsp3) is 1.00. The highest BCUT2D eigenvalue weighted by molar-refractivity contribution is 8.67. The molecule has 0 amide bonds. The van der Waals surface area contributed by atoms with Gasteiger partial charge in [0.05, 0.1) is 0 Å². The summed E-state index contributed by atoms with van der Waals surface area (Å²) in [4.78, 5) is 0. The Bertz CT molecular complexity index is 136. The van der Waals surface area contributed by atoms with Crippen LogP contribution in [0.2, 0.25) is 0 Å². The van der Waals surface area contributed by atoms with Gasteiger partial charge in [0.1, 0.15) is 0 Å². The summed E-state index contributed by atoms with van der Waals surface area (Å²) in [7, 11) is 3.15. The second kappa shape index (κ2) is 6.40. The Balaban J connectivity index is 3.61. The maximum atomic E-state index is 5.08. The summed E-state index contributed by atoms with van der Waals surface area (Å²) in [5.41, 5.74) is -2.07. The Morgan fingerprint density at radius 3 is 2.36 bits per heavy atom. The van der Waals surface area contributed by atoms with Crippen LogP contribution in [0.25, 0.3) is 0 Å². The summed E-state index contributed by atoms with van der Waals surface area (Å²) < 4.78 is 13.2. The maximum absolute atomic E-state index is 5.08. The summed E-state index contributed by atoms with van der Waals surface area (Å²) in [6, 6.07) is 0. The van der Waals surface area contributed by atoms with E-state index in [1.54, 1.807) is 14.2 Å². The molecule has 0 atom stereocenters. The van der Waals surface area contributed by atoms with Crippen LogP contribution in [0.4, 0.5) is 0 Å². The summed E-state index contributed by atoms with van der Waals surface area (Å²) in [6.07, 6.45) is 1.08. The molecule has 0 aromatic rings. The highest BCUT2D eigenvalue weighted by Gasteiger charge is 2.14. The van der Waals surface area contributed by atoms with Gasteiger partial charge in [0.2, 0.25) is 0 Å². The summed E-state index contributed by atoms with van der Waals surface area (Å²) in [6.45, 7) is 3.02. The van der Waals surface area contributed by atoms with Crippen molar-refractivity contribution in [2.45, 2.75) is 13.3 Å². The molecule has 0 bridgehead atoms. The third kappa shape index (κ3) is 5.17. The van der Waals surface area contributed by atoms with E-state index in [2.05, 4.69) is 11.6 Å². The van der Waals surface area contributed by atoms with E-state index >= 15 is 0 Å². The average molecular weight is 215 g/mol. The van der Waals surface area contributed by atoms with Gasteiger partial charge in [-0.25, -0.2) is 0 Å². The molecule has 6 heteroatoms. The third-order valence-corrected chi connectivity index (χ3v) is 5.94. The van der Waals surface area contributed by atoms with Crippen LogP contribution in [0.5, 0.6) is 0 Å². The van der Waals surface area contributed by atoms with Crippen LogP contribution in [0.1, 0.15) is 13.3 Å². The zero-order chi connectivity index (χ0) is 8.74. The van der Waals surface area contributed by atoms with Crippen molar-refractivity contribution in [3.8, 4) is 0 Å². The van der Waals surface area contributed by atoms with Gasteiger partial charge < -0.3 is 9.05 Å². The minimum atomic E-state index is -2.07. The monoisotopic (exact) mass is 215 g/mol. The zero-order valence-electron chi connectivity index (χ0n) is 6.99. The van der Waals surface area contributed by atoms with Crippen LogP contribution in [-0.4, -0.2) is 20.8 Å². The Labute approximate surface area is 77.3 Å². The van der Waals surface area contributed by atoms with E-state index in [9.17, 15) is 0 Å². The highest BCUT2D eigenvalue weighted by atomic mass is 32.9. The predicted molar refractivity (Wildman–Crippen MR) is 54.2 cm³/mol. The summed E-state index contributed by atoms with van der Waals surface area (Å²) in [5.74, 6) is 0. The van der Waals surface area contributed by atoms with Crippen molar-refractivity contribution in [2.24, 2.45) is 0 Å². The van der Waals surface area contributed by atoms with Crippen LogP contribution in [0.3, 0.4) is 0 Å². The van der Waals surface area contributed by atoms with E-state index in [4.69, 9.17) is 20.9 Å². The van der Waals surface area contributed by atoms with Crippen LogP contribution in [-0.2, 0) is 20.9 Å². The summed E-state index contributed by atoms with van der Waals surface area (Å²) >= 11 is 6.46. The highest BCUT2D eigenvalue weighted by Crippen LogP contribution is 2.57. The van der Waals surface area contributed by atoms with E-state index < -0.39 is 5.69 Å². The van der Waals surface area contributed by atoms with Crippen molar-refractivity contribution in [3.63, 3.8) is 0 Å². The normalized spacial score (nSPS) is 11.9. The fourth-order valence-corrected chi connectivity index (χ4v) is 2.80. The van der Waals surface area contributed by atoms with E-state index in [0.717, 1.165) is 13.0 Å². The molecule has 1 N–H and O–H groups in total. The Hall–Kier alpha value is 0.880. The van der Waals surface area contributed by atoms with Crippen molar-refractivity contribution in [1.29, 1.82) is 0 Å². The van der Waals surface area contributed by atoms with Gasteiger partial charge >= 0.3 is 0 Å². The Kier molecular flexibility index (Phi) is 6.91. The first-order valence-corrected chi connectivity index (χ1v) is 7.37. The molecule has 11 heavy (non-hydrogen) atoms. The third-order valence-electron chi connectivity index (χ3n) is 0.976. The SMILES string of the molecule is CCCNSP(=S)(OC)OC. The molecule has 0 aliphatic heterocycles. The van der Waals surface area contributed by atoms with Gasteiger partial charge in [-0.2, -0.15) is 0 Å². The van der Waals surface area contributed by atoms with Crippen molar-refractivity contribution in [2.75, 3.05) is 20.8 Å². The van der Waals surface area contributed by atoms with Crippen molar-refractivity contribution in [3.05, 3.63) is 0 Å². The van der Waals surface area contributed by atoms with Gasteiger partial charge in [0, 0.05) is 32.3 Å². The molecule has 0 spiro atoms. The number of rotatable bonds is 6. The van der Waals surface area contributed by atoms with Gasteiger partial charge in [-0.3, -0.25) is 4.72 Å². The fourth-order valence-electron chi connectivity index (χ4n) is 0.376. The molecule has 0 rings (SSSR count). The largest absolute Gasteiger partial charge is 0.324 e. The van der Waals surface area contributed by atoms with E-state index in [-0.39, 0.29) is 0 Å². The minimum absolute atomic E-state index is 0.926. The minimum Gasteiger partial charge on any atom is -0.324 e. The molecule has 68 valence electrons. The van der Waals surface area contributed by atoms with Gasteiger partial charge in [-0.15, -0.1) is 0 Å². The quantitative estimate of drug-likeness (QED) is 0.417. The lowest BCUT2D eigenvalue weighted by Gasteiger charge is -2.15. The molecule has 0 aromatic carbocycles. The van der Waals surface area contributed by atoms with E-state index in [0.29, 0.717) is 0 Å². The molecule has 0 heterocycles. The smallest absolute Gasteiger partial charge is 0.261 e. The molecule has 0 aromatic heterocycles. The zero-order valence-corrected chi connectivity index (χ0v) is 9.52. The maximum Gasteiger partial charge on any atom is 0.261 e. The van der Waals surface area contributed by atoms with Crippen molar-refractivity contribution in [1.82, 2.24) is 4.72 Å². The lowest BCUT2D eigenvalue weighted by molar-refractivity contribution is 0.353. The molecule has 0 unspecified atom stereocenters. The van der Waals surface area contributed by atoms with Gasteiger partial charge in [0.15, 0.2) is 0 Å². The standard InChI is InChI=1S/C5H14NO2PS2/c1-4-5-6-11-9(10,7-2)8-3/h6H,4-5H2,1-3H3. The van der Waals surface area contributed by atoms with Crippen LogP contribution in [0, 0.1) is 0 Å².